The zero-order chi connectivity index (χ0) is 10.4. The maximum atomic E-state index is 9.37. The lowest BCUT2D eigenvalue weighted by Gasteiger charge is -2.09. The fourth-order valence-electron chi connectivity index (χ4n) is 1.22. The van der Waals surface area contributed by atoms with Crippen molar-refractivity contribution in [3.63, 3.8) is 0 Å². The molecule has 1 nitrogen and oxygen atoms in total. The van der Waals surface area contributed by atoms with Crippen molar-refractivity contribution in [1.29, 1.82) is 0 Å². The lowest BCUT2D eigenvalue weighted by molar-refractivity contribution is 0.169. The zero-order valence-corrected chi connectivity index (χ0v) is 8.43. The topological polar surface area (TPSA) is 20.2 Å². The molecule has 1 aromatic carbocycles. The average molecular weight is 188 g/mol. The predicted molar refractivity (Wildman–Crippen MR) is 60.8 cm³/mol. The Hall–Kier alpha value is -1.34. The van der Waals surface area contributed by atoms with Gasteiger partial charge in [-0.15, -0.1) is 6.58 Å². The van der Waals surface area contributed by atoms with E-state index in [9.17, 15) is 5.11 Å². The molecule has 0 aliphatic rings. The van der Waals surface area contributed by atoms with E-state index in [0.717, 1.165) is 5.56 Å². The second-order valence-corrected chi connectivity index (χ2v) is 3.32. The van der Waals surface area contributed by atoms with Crippen LogP contribution in [-0.2, 0) is 0 Å². The number of hydrogen-bond acceptors (Lipinski definition) is 1. The number of benzene rings is 1. The summed E-state index contributed by atoms with van der Waals surface area (Å²) >= 11 is 0. The fourth-order valence-corrected chi connectivity index (χ4v) is 1.22. The van der Waals surface area contributed by atoms with E-state index >= 15 is 0 Å². The van der Waals surface area contributed by atoms with Crippen molar-refractivity contribution >= 4 is 6.08 Å². The van der Waals surface area contributed by atoms with E-state index in [4.69, 9.17) is 0 Å². The summed E-state index contributed by atoms with van der Waals surface area (Å²) in [7, 11) is 0. The minimum atomic E-state index is -0.382. The van der Waals surface area contributed by atoms with Crippen molar-refractivity contribution in [3.05, 3.63) is 54.6 Å². The third kappa shape index (κ3) is 3.19. The summed E-state index contributed by atoms with van der Waals surface area (Å²) < 4.78 is 0. The Morgan fingerprint density at radius 1 is 1.29 bits per heavy atom. The normalized spacial score (nSPS) is 15.3. The average Bonchev–Trinajstić information content (AvgIpc) is 2.20. The second-order valence-electron chi connectivity index (χ2n) is 3.32. The van der Waals surface area contributed by atoms with Gasteiger partial charge in [-0.3, -0.25) is 0 Å². The van der Waals surface area contributed by atoms with Crippen LogP contribution in [0, 0.1) is 5.92 Å². The number of hydrogen-bond donors (Lipinski definition) is 1. The van der Waals surface area contributed by atoms with Crippen molar-refractivity contribution in [3.8, 4) is 0 Å². The molecule has 74 valence electrons. The zero-order valence-electron chi connectivity index (χ0n) is 8.43. The van der Waals surface area contributed by atoms with E-state index in [-0.39, 0.29) is 12.0 Å². The van der Waals surface area contributed by atoms with Crippen LogP contribution in [0.15, 0.2) is 49.1 Å². The molecule has 0 radical (unpaired) electrons. The predicted octanol–water partition coefficient (Wildman–Crippen LogP) is 2.88. The molecule has 1 heteroatoms. The van der Waals surface area contributed by atoms with Crippen molar-refractivity contribution in [2.75, 3.05) is 0 Å². The van der Waals surface area contributed by atoms with Gasteiger partial charge in [0.15, 0.2) is 0 Å². The number of rotatable bonds is 4. The van der Waals surface area contributed by atoms with Crippen LogP contribution in [0.5, 0.6) is 0 Å². The number of aliphatic hydroxyl groups excluding tert-OH is 1. The molecular formula is C13H16O. The summed E-state index contributed by atoms with van der Waals surface area (Å²) in [4.78, 5) is 0. The van der Waals surface area contributed by atoms with Gasteiger partial charge >= 0.3 is 0 Å². The van der Waals surface area contributed by atoms with Crippen LogP contribution in [0.1, 0.15) is 12.5 Å². The smallest absolute Gasteiger partial charge is 0.0609 e. The molecule has 0 heterocycles. The lowest BCUT2D eigenvalue weighted by atomic mass is 10.0. The van der Waals surface area contributed by atoms with E-state index < -0.39 is 0 Å². The first-order valence-corrected chi connectivity index (χ1v) is 4.78. The summed E-state index contributed by atoms with van der Waals surface area (Å²) in [6, 6.07) is 10.0. The first-order valence-electron chi connectivity index (χ1n) is 4.78. The van der Waals surface area contributed by atoms with Gasteiger partial charge in [0.25, 0.3) is 0 Å². The summed E-state index contributed by atoms with van der Waals surface area (Å²) in [5.41, 5.74) is 1.14. The van der Waals surface area contributed by atoms with Gasteiger partial charge in [0.2, 0.25) is 0 Å². The molecule has 0 saturated heterocycles. The Labute approximate surface area is 85.4 Å². The SMILES string of the molecule is C=C[C@H](/C=C/c1ccccc1)[C@H](C)O. The van der Waals surface area contributed by atoms with Crippen LogP contribution >= 0.6 is 0 Å². The molecule has 2 atom stereocenters. The highest BCUT2D eigenvalue weighted by Crippen LogP contribution is 2.10. The van der Waals surface area contributed by atoms with Gasteiger partial charge in [0.1, 0.15) is 0 Å². The van der Waals surface area contributed by atoms with Crippen molar-refractivity contribution in [2.24, 2.45) is 5.92 Å². The van der Waals surface area contributed by atoms with Crippen LogP contribution < -0.4 is 0 Å². The minimum Gasteiger partial charge on any atom is -0.392 e. The van der Waals surface area contributed by atoms with Crippen molar-refractivity contribution in [2.45, 2.75) is 13.0 Å². The molecule has 0 aliphatic heterocycles. The minimum absolute atomic E-state index is 0.0233. The first-order chi connectivity index (χ1) is 6.74. The largest absolute Gasteiger partial charge is 0.392 e. The second kappa shape index (κ2) is 5.40. The summed E-state index contributed by atoms with van der Waals surface area (Å²) in [5.74, 6) is 0.0233. The molecule has 0 fully saturated rings. The molecule has 0 aliphatic carbocycles. The molecular weight excluding hydrogens is 172 g/mol. The Kier molecular flexibility index (Phi) is 4.14. The van der Waals surface area contributed by atoms with E-state index in [1.807, 2.05) is 42.5 Å². The monoisotopic (exact) mass is 188 g/mol. The maximum absolute atomic E-state index is 9.37. The van der Waals surface area contributed by atoms with Gasteiger partial charge in [-0.2, -0.15) is 0 Å². The Balaban J connectivity index is 2.67. The summed E-state index contributed by atoms with van der Waals surface area (Å²) in [5, 5.41) is 9.37. The molecule has 0 amide bonds. The first kappa shape index (κ1) is 10.7. The van der Waals surface area contributed by atoms with Gasteiger partial charge in [0, 0.05) is 5.92 Å². The van der Waals surface area contributed by atoms with Crippen LogP contribution in [0.3, 0.4) is 0 Å². The highest BCUT2D eigenvalue weighted by atomic mass is 16.3. The van der Waals surface area contributed by atoms with E-state index in [1.54, 1.807) is 13.0 Å². The molecule has 14 heavy (non-hydrogen) atoms. The fraction of sp³-hybridized carbons (Fsp3) is 0.231. The quantitative estimate of drug-likeness (QED) is 0.720. The highest BCUT2D eigenvalue weighted by molar-refractivity contribution is 5.49. The Morgan fingerprint density at radius 3 is 2.43 bits per heavy atom. The van der Waals surface area contributed by atoms with E-state index in [0.29, 0.717) is 0 Å². The molecule has 1 aromatic rings. The van der Waals surface area contributed by atoms with Gasteiger partial charge < -0.3 is 5.11 Å². The van der Waals surface area contributed by atoms with Crippen LogP contribution in [0.4, 0.5) is 0 Å². The third-order valence-corrected chi connectivity index (χ3v) is 2.14. The van der Waals surface area contributed by atoms with Gasteiger partial charge in [-0.25, -0.2) is 0 Å². The maximum Gasteiger partial charge on any atom is 0.0609 e. The van der Waals surface area contributed by atoms with Crippen LogP contribution in [0.25, 0.3) is 6.08 Å². The molecule has 0 saturated carbocycles. The molecule has 1 rings (SSSR count). The number of aliphatic hydroxyl groups is 1. The molecule has 0 aromatic heterocycles. The molecule has 0 unspecified atom stereocenters. The summed E-state index contributed by atoms with van der Waals surface area (Å²) in [6.07, 6.45) is 5.34. The van der Waals surface area contributed by atoms with Gasteiger partial charge in [0.05, 0.1) is 6.10 Å². The van der Waals surface area contributed by atoms with E-state index in [2.05, 4.69) is 6.58 Å². The third-order valence-electron chi connectivity index (χ3n) is 2.14. The molecule has 0 spiro atoms. The van der Waals surface area contributed by atoms with Crippen molar-refractivity contribution < 1.29 is 5.11 Å². The standard InChI is InChI=1S/C13H16O/c1-3-13(11(2)14)10-9-12-7-5-4-6-8-12/h3-11,13-14H,1H2,2H3/b10-9+/t11-,13+/m0/s1. The molecule has 0 bridgehead atoms. The van der Waals surface area contributed by atoms with E-state index in [1.165, 1.54) is 0 Å². The van der Waals surface area contributed by atoms with Crippen molar-refractivity contribution in [1.82, 2.24) is 0 Å². The lowest BCUT2D eigenvalue weighted by Crippen LogP contribution is -2.10. The summed E-state index contributed by atoms with van der Waals surface area (Å²) in [6.45, 7) is 5.45. The van der Waals surface area contributed by atoms with Gasteiger partial charge in [-0.05, 0) is 12.5 Å². The Bertz CT molecular complexity index is 298. The Morgan fingerprint density at radius 2 is 1.93 bits per heavy atom. The highest BCUT2D eigenvalue weighted by Gasteiger charge is 2.05. The van der Waals surface area contributed by atoms with Gasteiger partial charge in [-0.1, -0.05) is 48.6 Å². The molecule has 1 N–H and O–H groups in total. The van der Waals surface area contributed by atoms with Crippen LogP contribution in [0.2, 0.25) is 0 Å². The van der Waals surface area contributed by atoms with Crippen LogP contribution in [-0.4, -0.2) is 11.2 Å².